The van der Waals surface area contributed by atoms with Gasteiger partial charge in [-0.2, -0.15) is 0 Å². The molecular formula is C16H18N4S. The van der Waals surface area contributed by atoms with Gasteiger partial charge in [-0.1, -0.05) is 6.07 Å². The zero-order chi connectivity index (χ0) is 14.2. The molecule has 0 saturated heterocycles. The minimum atomic E-state index is 0.730. The van der Waals surface area contributed by atoms with Crippen LogP contribution in [0, 0.1) is 0 Å². The third kappa shape index (κ3) is 2.21. The van der Waals surface area contributed by atoms with E-state index in [2.05, 4.69) is 22.2 Å². The Morgan fingerprint density at radius 3 is 3.14 bits per heavy atom. The Kier molecular flexibility index (Phi) is 3.15. The first-order valence-corrected chi connectivity index (χ1v) is 8.19. The van der Waals surface area contributed by atoms with E-state index in [1.165, 1.54) is 35.4 Å². The normalized spacial score (nSPS) is 16.4. The number of pyridine rings is 1. The van der Waals surface area contributed by atoms with Gasteiger partial charge in [0.15, 0.2) is 0 Å². The van der Waals surface area contributed by atoms with Crippen molar-refractivity contribution in [3.63, 3.8) is 0 Å². The second-order valence-corrected chi connectivity index (χ2v) is 6.64. The summed E-state index contributed by atoms with van der Waals surface area (Å²) < 4.78 is 0. The van der Waals surface area contributed by atoms with E-state index in [1.54, 1.807) is 4.88 Å². The Bertz CT molecular complexity index is 690. The number of aromatic nitrogens is 1. The van der Waals surface area contributed by atoms with Crippen molar-refractivity contribution in [3.8, 4) is 0 Å². The number of nitrogens with one attached hydrogen (secondary N) is 1. The maximum atomic E-state index is 4.73. The van der Waals surface area contributed by atoms with Crippen molar-refractivity contribution in [2.75, 3.05) is 18.6 Å². The van der Waals surface area contributed by atoms with Crippen LogP contribution in [0.3, 0.4) is 0 Å². The van der Waals surface area contributed by atoms with E-state index in [9.17, 15) is 0 Å². The highest BCUT2D eigenvalue weighted by Crippen LogP contribution is 2.42. The van der Waals surface area contributed by atoms with Gasteiger partial charge in [0.2, 0.25) is 0 Å². The van der Waals surface area contributed by atoms with Crippen LogP contribution in [0.4, 0.5) is 5.00 Å². The summed E-state index contributed by atoms with van der Waals surface area (Å²) in [6.45, 7) is 1.46. The van der Waals surface area contributed by atoms with E-state index in [1.807, 2.05) is 35.7 Å². The maximum Gasteiger partial charge on any atom is 0.133 e. The van der Waals surface area contributed by atoms with E-state index in [0.717, 1.165) is 24.7 Å². The van der Waals surface area contributed by atoms with Crippen molar-refractivity contribution in [2.24, 2.45) is 4.99 Å². The topological polar surface area (TPSA) is 40.5 Å². The first kappa shape index (κ1) is 12.8. The molecule has 0 spiro atoms. The van der Waals surface area contributed by atoms with E-state index < -0.39 is 0 Å². The number of rotatable bonds is 2. The Labute approximate surface area is 128 Å². The Morgan fingerprint density at radius 2 is 2.29 bits per heavy atom. The molecule has 5 heteroatoms. The van der Waals surface area contributed by atoms with Gasteiger partial charge >= 0.3 is 0 Å². The molecule has 0 unspecified atom stereocenters. The number of aliphatic imine (C=N–C) groups is 1. The number of aryl methyl sites for hydroxylation is 1. The van der Waals surface area contributed by atoms with Crippen molar-refractivity contribution in [1.82, 2.24) is 10.3 Å². The van der Waals surface area contributed by atoms with Crippen molar-refractivity contribution < 1.29 is 0 Å². The van der Waals surface area contributed by atoms with Crippen molar-refractivity contribution in [2.45, 2.75) is 25.8 Å². The monoisotopic (exact) mass is 298 g/mol. The second-order valence-electron chi connectivity index (χ2n) is 5.56. The van der Waals surface area contributed by atoms with Crippen LogP contribution in [-0.4, -0.2) is 24.5 Å². The molecule has 0 atom stereocenters. The van der Waals surface area contributed by atoms with Crippen LogP contribution in [0.1, 0.15) is 28.1 Å². The van der Waals surface area contributed by atoms with Crippen LogP contribution >= 0.6 is 11.3 Å². The van der Waals surface area contributed by atoms with Gasteiger partial charge in [-0.15, -0.1) is 11.3 Å². The summed E-state index contributed by atoms with van der Waals surface area (Å²) in [5.41, 5.74) is 3.92. The number of nitrogens with zero attached hydrogens (tertiary/aromatic N) is 3. The molecule has 21 heavy (non-hydrogen) atoms. The van der Waals surface area contributed by atoms with Crippen LogP contribution in [0.25, 0.3) is 0 Å². The fraction of sp³-hybridized carbons (Fsp3) is 0.375. The standard InChI is InChI=1S/C16H18N4S/c1-20-10-19-15(18-9-11-5-2-3-8-17-11)14-12-6-4-7-13(12)21-16(14)20/h2-3,5,8H,4,6-7,9-10H2,1H3,(H,18,19). The Hall–Kier alpha value is -1.88. The number of amidine groups is 1. The summed E-state index contributed by atoms with van der Waals surface area (Å²) in [6.07, 6.45) is 5.54. The van der Waals surface area contributed by atoms with E-state index >= 15 is 0 Å². The third-order valence-corrected chi connectivity index (χ3v) is 5.50. The minimum Gasteiger partial charge on any atom is -0.364 e. The highest BCUT2D eigenvalue weighted by atomic mass is 32.1. The third-order valence-electron chi connectivity index (χ3n) is 4.09. The van der Waals surface area contributed by atoms with Crippen molar-refractivity contribution in [3.05, 3.63) is 46.1 Å². The molecule has 2 aromatic rings. The first-order valence-electron chi connectivity index (χ1n) is 7.37. The number of fused-ring (bicyclic) bond motifs is 3. The van der Waals surface area contributed by atoms with E-state index in [0.29, 0.717) is 0 Å². The number of anilines is 1. The summed E-state index contributed by atoms with van der Waals surface area (Å²) >= 11 is 1.95. The summed E-state index contributed by atoms with van der Waals surface area (Å²) in [7, 11) is 2.13. The molecule has 4 nitrogen and oxygen atoms in total. The van der Waals surface area contributed by atoms with Crippen molar-refractivity contribution >= 4 is 22.2 Å². The lowest BCUT2D eigenvalue weighted by atomic mass is 10.1. The average molecular weight is 298 g/mol. The van der Waals surface area contributed by atoms with Crippen LogP contribution in [0.15, 0.2) is 29.4 Å². The zero-order valence-electron chi connectivity index (χ0n) is 12.1. The molecule has 0 radical (unpaired) electrons. The van der Waals surface area contributed by atoms with Crippen LogP contribution < -0.4 is 10.2 Å². The molecule has 4 rings (SSSR count). The molecule has 3 heterocycles. The Morgan fingerprint density at radius 1 is 1.33 bits per heavy atom. The number of hydrogen-bond donors (Lipinski definition) is 1. The van der Waals surface area contributed by atoms with E-state index in [-0.39, 0.29) is 0 Å². The van der Waals surface area contributed by atoms with Gasteiger partial charge in [0.1, 0.15) is 17.5 Å². The smallest absolute Gasteiger partial charge is 0.133 e. The molecular weight excluding hydrogens is 280 g/mol. The maximum absolute atomic E-state index is 4.73. The molecule has 1 N–H and O–H groups in total. The largest absolute Gasteiger partial charge is 0.364 e. The molecule has 1 aliphatic carbocycles. The highest BCUT2D eigenvalue weighted by molar-refractivity contribution is 7.16. The lowest BCUT2D eigenvalue weighted by Crippen LogP contribution is -2.33. The fourth-order valence-corrected chi connectivity index (χ4v) is 4.39. The second kappa shape index (κ2) is 5.15. The van der Waals surface area contributed by atoms with Gasteiger partial charge < -0.3 is 10.2 Å². The van der Waals surface area contributed by atoms with Gasteiger partial charge in [-0.3, -0.25) is 4.98 Å². The van der Waals surface area contributed by atoms with E-state index in [4.69, 9.17) is 4.99 Å². The summed E-state index contributed by atoms with van der Waals surface area (Å²) in [6, 6.07) is 6.01. The van der Waals surface area contributed by atoms with Gasteiger partial charge in [-0.25, -0.2) is 4.99 Å². The Balaban J connectivity index is 1.62. The minimum absolute atomic E-state index is 0.730. The molecule has 2 aliphatic rings. The molecule has 0 fully saturated rings. The van der Waals surface area contributed by atoms with Gasteiger partial charge in [0.25, 0.3) is 0 Å². The lowest BCUT2D eigenvalue weighted by molar-refractivity contribution is 0.837. The molecule has 108 valence electrons. The number of thiophene rings is 1. The lowest BCUT2D eigenvalue weighted by Gasteiger charge is -2.24. The fourth-order valence-electron chi connectivity index (χ4n) is 3.04. The SMILES string of the molecule is CN1CN=C(NCc2ccccn2)c2c1sc1c2CCC1. The van der Waals surface area contributed by atoms with Crippen molar-refractivity contribution in [1.29, 1.82) is 0 Å². The molecule has 1 aliphatic heterocycles. The highest BCUT2D eigenvalue weighted by Gasteiger charge is 2.29. The van der Waals surface area contributed by atoms with Gasteiger partial charge in [0, 0.05) is 18.1 Å². The number of hydrogen-bond acceptors (Lipinski definition) is 5. The van der Waals surface area contributed by atoms with Gasteiger partial charge in [-0.05, 0) is 37.0 Å². The molecule has 0 amide bonds. The molecule has 0 aromatic carbocycles. The zero-order valence-corrected chi connectivity index (χ0v) is 12.9. The quantitative estimate of drug-likeness (QED) is 0.926. The average Bonchev–Trinajstić information content (AvgIpc) is 3.09. The van der Waals surface area contributed by atoms with Crippen LogP contribution in [0.2, 0.25) is 0 Å². The predicted molar refractivity (Wildman–Crippen MR) is 87.2 cm³/mol. The predicted octanol–water partition coefficient (Wildman–Crippen LogP) is 2.58. The summed E-state index contributed by atoms with van der Waals surface area (Å²) in [4.78, 5) is 12.9. The summed E-state index contributed by atoms with van der Waals surface area (Å²) in [5.74, 6) is 1.05. The van der Waals surface area contributed by atoms with Crippen LogP contribution in [-0.2, 0) is 19.4 Å². The molecule has 2 aromatic heterocycles. The summed E-state index contributed by atoms with van der Waals surface area (Å²) in [5, 5.41) is 4.87. The van der Waals surface area contributed by atoms with Crippen LogP contribution in [0.5, 0.6) is 0 Å². The van der Waals surface area contributed by atoms with Gasteiger partial charge in [0.05, 0.1) is 17.8 Å². The molecule has 0 saturated carbocycles. The molecule has 0 bridgehead atoms. The first-order chi connectivity index (χ1) is 10.3.